The zero-order valence-corrected chi connectivity index (χ0v) is 13.7. The Morgan fingerprint density at radius 2 is 1.89 bits per heavy atom. The van der Waals surface area contributed by atoms with Gasteiger partial charge in [0.05, 0.1) is 6.61 Å². The third kappa shape index (κ3) is 4.63. The Hall–Kier alpha value is -0.514. The van der Waals surface area contributed by atoms with Gasteiger partial charge in [-0.3, -0.25) is 0 Å². The summed E-state index contributed by atoms with van der Waals surface area (Å²) in [5.74, 6) is 0.962. The van der Waals surface area contributed by atoms with E-state index in [1.807, 2.05) is 36.4 Å². The molecule has 0 aromatic heterocycles. The zero-order chi connectivity index (χ0) is 11.4. The van der Waals surface area contributed by atoms with Crippen LogP contribution in [0.4, 0.5) is 0 Å². The Morgan fingerprint density at radius 1 is 1.11 bits per heavy atom. The first-order valence-corrected chi connectivity index (χ1v) is 5.41. The maximum atomic E-state index is 5.78. The first-order chi connectivity index (χ1) is 7.77. The molecule has 0 aliphatic carbocycles. The van der Waals surface area contributed by atoms with Gasteiger partial charge in [-0.25, -0.2) is 0 Å². The van der Waals surface area contributed by atoms with E-state index in [-0.39, 0.29) is 40.0 Å². The Balaban J connectivity index is 0.00000144. The summed E-state index contributed by atoms with van der Waals surface area (Å²) in [4.78, 5) is 0. The van der Waals surface area contributed by atoms with Gasteiger partial charge in [0.1, 0.15) is 5.75 Å². The molecule has 0 heterocycles. The normalized spacial score (nSPS) is 9.00. The fourth-order valence-corrected chi connectivity index (χ4v) is 1.56. The molecule has 2 aromatic carbocycles. The van der Waals surface area contributed by atoms with Crippen molar-refractivity contribution < 1.29 is 21.7 Å². The molecular formula is C15H15BrMgO. The van der Waals surface area contributed by atoms with Crippen LogP contribution in [0.15, 0.2) is 42.5 Å². The van der Waals surface area contributed by atoms with E-state index < -0.39 is 0 Å². The van der Waals surface area contributed by atoms with Gasteiger partial charge in [-0.05, 0) is 31.0 Å². The van der Waals surface area contributed by atoms with Crippen LogP contribution < -0.4 is 21.7 Å². The van der Waals surface area contributed by atoms with Crippen LogP contribution >= 0.6 is 0 Å². The van der Waals surface area contributed by atoms with E-state index in [0.717, 1.165) is 11.3 Å². The summed E-state index contributed by atoms with van der Waals surface area (Å²) in [7, 11) is 0. The molecule has 0 spiro atoms. The van der Waals surface area contributed by atoms with E-state index >= 15 is 0 Å². The quantitative estimate of drug-likeness (QED) is 0.585. The van der Waals surface area contributed by atoms with E-state index in [4.69, 9.17) is 4.74 Å². The van der Waals surface area contributed by atoms with E-state index in [0.29, 0.717) is 6.61 Å². The minimum absolute atomic E-state index is 0. The summed E-state index contributed by atoms with van der Waals surface area (Å²) >= 11 is 0. The molecule has 0 amide bonds. The van der Waals surface area contributed by atoms with Crippen LogP contribution in [0.1, 0.15) is 16.7 Å². The zero-order valence-electron chi connectivity index (χ0n) is 10.7. The molecule has 0 atom stereocenters. The van der Waals surface area contributed by atoms with Crippen LogP contribution in [0.3, 0.4) is 0 Å². The van der Waals surface area contributed by atoms with Gasteiger partial charge in [0.2, 0.25) is 0 Å². The second-order valence-electron chi connectivity index (χ2n) is 3.90. The fraction of sp³-hybridized carbons (Fsp3) is 0.200. The molecule has 2 aromatic rings. The Bertz CT molecular complexity index is 471. The van der Waals surface area contributed by atoms with Crippen molar-refractivity contribution in [1.29, 1.82) is 0 Å². The molecule has 0 unspecified atom stereocenters. The van der Waals surface area contributed by atoms with Gasteiger partial charge in [-0.1, -0.05) is 12.1 Å². The molecule has 2 rings (SSSR count). The summed E-state index contributed by atoms with van der Waals surface area (Å²) < 4.78 is 5.78. The number of ether oxygens (including phenoxy) is 1. The minimum Gasteiger partial charge on any atom is -1.00 e. The molecule has 0 N–H and O–H groups in total. The second-order valence-corrected chi connectivity index (χ2v) is 3.90. The molecule has 0 radical (unpaired) electrons. The average Bonchev–Trinajstić information content (AvgIpc) is 2.32. The van der Waals surface area contributed by atoms with E-state index in [1.54, 1.807) is 0 Å². The van der Waals surface area contributed by atoms with Crippen LogP contribution in [0.5, 0.6) is 5.75 Å². The van der Waals surface area contributed by atoms with Crippen LogP contribution in [0, 0.1) is 19.9 Å². The number of benzene rings is 2. The van der Waals surface area contributed by atoms with E-state index in [2.05, 4.69) is 26.0 Å². The van der Waals surface area contributed by atoms with Crippen molar-refractivity contribution in [3.63, 3.8) is 0 Å². The Kier molecular flexibility index (Phi) is 8.32. The summed E-state index contributed by atoms with van der Waals surface area (Å²) in [6.45, 7) is 4.78. The van der Waals surface area contributed by atoms with Crippen LogP contribution in [0.2, 0.25) is 0 Å². The van der Waals surface area contributed by atoms with Crippen molar-refractivity contribution in [2.75, 3.05) is 0 Å². The summed E-state index contributed by atoms with van der Waals surface area (Å²) in [5, 5.41) is 0. The number of aryl methyl sites for hydroxylation is 1. The van der Waals surface area contributed by atoms with Crippen molar-refractivity contribution in [2.45, 2.75) is 20.5 Å². The van der Waals surface area contributed by atoms with Gasteiger partial charge in [-0.2, -0.15) is 30.3 Å². The largest absolute Gasteiger partial charge is 2.00 e. The van der Waals surface area contributed by atoms with Crippen molar-refractivity contribution >= 4 is 23.1 Å². The third-order valence-corrected chi connectivity index (χ3v) is 2.72. The van der Waals surface area contributed by atoms with Crippen molar-refractivity contribution in [2.24, 2.45) is 0 Å². The van der Waals surface area contributed by atoms with E-state index in [9.17, 15) is 0 Å². The molecule has 3 heteroatoms. The molecule has 0 aliphatic heterocycles. The fourth-order valence-electron chi connectivity index (χ4n) is 1.56. The maximum Gasteiger partial charge on any atom is 2.00 e. The van der Waals surface area contributed by atoms with Gasteiger partial charge in [0.25, 0.3) is 0 Å². The van der Waals surface area contributed by atoms with Gasteiger partial charge < -0.3 is 21.7 Å². The summed E-state index contributed by atoms with van der Waals surface area (Å²) in [6, 6.07) is 17.0. The topological polar surface area (TPSA) is 9.23 Å². The van der Waals surface area contributed by atoms with Crippen molar-refractivity contribution in [3.8, 4) is 5.75 Å². The molecule has 0 saturated carbocycles. The number of hydrogen-bond acceptors (Lipinski definition) is 1. The standard InChI is InChI=1S/C15H15O.BrH.Mg/c1-12-7-6-10-15(13(12)2)16-11-14-8-4-3-5-9-14;;/h3-4,6-10H,11H2,1-2H3;1H;/q-1;;+2/p-1. The van der Waals surface area contributed by atoms with E-state index in [1.165, 1.54) is 11.1 Å². The molecule has 1 nitrogen and oxygen atoms in total. The second kappa shape index (κ2) is 8.56. The van der Waals surface area contributed by atoms with Gasteiger partial charge >= 0.3 is 23.1 Å². The molecule has 0 saturated heterocycles. The molecule has 0 aliphatic rings. The number of hydrogen-bond donors (Lipinski definition) is 0. The first-order valence-electron chi connectivity index (χ1n) is 5.41. The molecule has 18 heavy (non-hydrogen) atoms. The van der Waals surface area contributed by atoms with Crippen molar-refractivity contribution in [1.82, 2.24) is 0 Å². The monoisotopic (exact) mass is 314 g/mol. The first kappa shape index (κ1) is 17.5. The van der Waals surface area contributed by atoms with Crippen LogP contribution in [0.25, 0.3) is 0 Å². The average molecular weight is 315 g/mol. The minimum atomic E-state index is 0. The smallest absolute Gasteiger partial charge is 1.00 e. The third-order valence-electron chi connectivity index (χ3n) is 2.72. The number of halogens is 1. The Morgan fingerprint density at radius 3 is 2.56 bits per heavy atom. The number of rotatable bonds is 3. The molecule has 0 bridgehead atoms. The summed E-state index contributed by atoms with van der Waals surface area (Å²) in [5.41, 5.74) is 3.61. The molecular weight excluding hydrogens is 300 g/mol. The SMILES string of the molecule is Cc1cccc(OCc2c[c-]ccc2)c1C.[Br-].[Mg+2]. The maximum absolute atomic E-state index is 5.78. The predicted molar refractivity (Wildman–Crippen MR) is 71.3 cm³/mol. The van der Waals surface area contributed by atoms with Crippen LogP contribution in [-0.2, 0) is 6.61 Å². The predicted octanol–water partition coefficient (Wildman–Crippen LogP) is 0.306. The molecule has 0 fully saturated rings. The Labute approximate surface area is 135 Å². The van der Waals surface area contributed by atoms with Gasteiger partial charge in [-0.15, -0.1) is 5.56 Å². The molecule has 90 valence electrons. The van der Waals surface area contributed by atoms with Gasteiger partial charge in [0, 0.05) is 0 Å². The van der Waals surface area contributed by atoms with Crippen molar-refractivity contribution in [3.05, 3.63) is 65.2 Å². The van der Waals surface area contributed by atoms with Gasteiger partial charge in [0.15, 0.2) is 0 Å². The van der Waals surface area contributed by atoms with Crippen LogP contribution in [-0.4, -0.2) is 23.1 Å². The summed E-state index contributed by atoms with van der Waals surface area (Å²) in [6.07, 6.45) is 0.